The maximum atomic E-state index is 13.1. The summed E-state index contributed by atoms with van der Waals surface area (Å²) in [6.45, 7) is 4.19. The second-order valence-corrected chi connectivity index (χ2v) is 8.77. The number of imidazole rings is 1. The molecule has 1 fully saturated rings. The van der Waals surface area contributed by atoms with Crippen molar-refractivity contribution in [3.63, 3.8) is 0 Å². The smallest absolute Gasteiger partial charge is 0.326 e. The highest BCUT2D eigenvalue weighted by molar-refractivity contribution is 5.94. The average Bonchev–Trinajstić information content (AvgIpc) is 3.53. The van der Waals surface area contributed by atoms with Gasteiger partial charge in [0.1, 0.15) is 18.1 Å². The summed E-state index contributed by atoms with van der Waals surface area (Å²) in [7, 11) is 0. The van der Waals surface area contributed by atoms with Crippen LogP contribution in [0.1, 0.15) is 51.6 Å². The Hall–Kier alpha value is -3.48. The summed E-state index contributed by atoms with van der Waals surface area (Å²) in [4.78, 5) is 68.5. The summed E-state index contributed by atoms with van der Waals surface area (Å²) in [5, 5.41) is 20.3. The number of hydrogen-bond donors (Lipinski definition) is 7. The van der Waals surface area contributed by atoms with Crippen LogP contribution >= 0.6 is 0 Å². The van der Waals surface area contributed by atoms with Crippen LogP contribution in [-0.4, -0.2) is 75.4 Å². The van der Waals surface area contributed by atoms with E-state index in [9.17, 15) is 29.1 Å². The minimum Gasteiger partial charge on any atom is -0.480 e. The zero-order valence-electron chi connectivity index (χ0n) is 20.0. The molecule has 4 amide bonds. The largest absolute Gasteiger partial charge is 0.480 e. The third kappa shape index (κ3) is 8.67. The molecular formula is C22H35N7O6. The number of nitrogens with one attached hydrogen (secondary N) is 5. The summed E-state index contributed by atoms with van der Waals surface area (Å²) in [5.41, 5.74) is 5.77. The fourth-order valence-corrected chi connectivity index (χ4v) is 3.77. The van der Waals surface area contributed by atoms with Gasteiger partial charge in [-0.1, -0.05) is 20.3 Å². The number of carboxylic acid groups (broad SMARTS) is 1. The second kappa shape index (κ2) is 13.4. The van der Waals surface area contributed by atoms with Gasteiger partial charge in [-0.05, 0) is 31.7 Å². The molecule has 13 nitrogen and oxygen atoms in total. The first-order chi connectivity index (χ1) is 16.6. The molecule has 1 aliphatic rings. The summed E-state index contributed by atoms with van der Waals surface area (Å²) in [6, 6.07) is -3.87. The first kappa shape index (κ1) is 27.8. The van der Waals surface area contributed by atoms with E-state index in [1.807, 2.05) is 6.92 Å². The van der Waals surface area contributed by atoms with Crippen LogP contribution in [0.4, 0.5) is 0 Å². The van der Waals surface area contributed by atoms with Gasteiger partial charge in [-0.15, -0.1) is 0 Å². The van der Waals surface area contributed by atoms with Crippen LogP contribution in [0, 0.1) is 5.92 Å². The topological polar surface area (TPSA) is 208 Å². The lowest BCUT2D eigenvalue weighted by atomic mass is 9.98. The zero-order valence-corrected chi connectivity index (χ0v) is 20.0. The molecule has 0 saturated carbocycles. The molecule has 2 rings (SSSR count). The van der Waals surface area contributed by atoms with Crippen LogP contribution in [-0.2, 0) is 30.4 Å². The van der Waals surface area contributed by atoms with Crippen LogP contribution in [0.25, 0.3) is 0 Å². The van der Waals surface area contributed by atoms with Crippen LogP contribution in [0.2, 0.25) is 0 Å². The number of H-pyrrole nitrogens is 1. The van der Waals surface area contributed by atoms with Crippen molar-refractivity contribution in [3.8, 4) is 0 Å². The normalized spacial score (nSPS) is 18.6. The van der Waals surface area contributed by atoms with Crippen molar-refractivity contribution in [2.45, 2.75) is 76.5 Å². The number of rotatable bonds is 14. The highest BCUT2D eigenvalue weighted by Gasteiger charge is 2.33. The average molecular weight is 494 g/mol. The molecule has 1 saturated heterocycles. The molecule has 5 unspecified atom stereocenters. The van der Waals surface area contributed by atoms with Gasteiger partial charge in [0.25, 0.3) is 0 Å². The van der Waals surface area contributed by atoms with Crippen LogP contribution in [0.5, 0.6) is 0 Å². The summed E-state index contributed by atoms with van der Waals surface area (Å²) in [5.74, 6) is -3.94. The minimum atomic E-state index is -1.19. The summed E-state index contributed by atoms with van der Waals surface area (Å²) >= 11 is 0. The molecule has 2 heterocycles. The Morgan fingerprint density at radius 1 is 1.17 bits per heavy atom. The van der Waals surface area contributed by atoms with Gasteiger partial charge in [0.05, 0.1) is 12.4 Å². The van der Waals surface area contributed by atoms with E-state index in [-0.39, 0.29) is 31.1 Å². The van der Waals surface area contributed by atoms with Crippen molar-refractivity contribution < 1.29 is 29.1 Å². The van der Waals surface area contributed by atoms with E-state index >= 15 is 0 Å². The molecule has 1 aromatic heterocycles. The SMILES string of the molecule is CCC(C)C(NC(=O)C(Cc1cnc[nH]1)NC(=O)C(CCC(N)=O)NC(=O)C1CCCN1)C(=O)O. The lowest BCUT2D eigenvalue weighted by Gasteiger charge is -2.26. The second-order valence-electron chi connectivity index (χ2n) is 8.77. The third-order valence-electron chi connectivity index (χ3n) is 6.08. The minimum absolute atomic E-state index is 0.00504. The van der Waals surface area contributed by atoms with E-state index in [2.05, 4.69) is 31.2 Å². The Bertz CT molecular complexity index is 885. The van der Waals surface area contributed by atoms with Gasteiger partial charge in [-0.2, -0.15) is 0 Å². The standard InChI is InChI=1S/C22H35N7O6/c1-3-12(2)18(22(34)35)29-21(33)16(9-13-10-24-11-26-13)28-20(32)15(6-7-17(23)30)27-19(31)14-5-4-8-25-14/h10-12,14-16,18,25H,3-9H2,1-2H3,(H2,23,30)(H,24,26)(H,27,31)(H,28,32)(H,29,33)(H,34,35). The first-order valence-corrected chi connectivity index (χ1v) is 11.7. The van der Waals surface area contributed by atoms with Crippen molar-refractivity contribution in [2.75, 3.05) is 6.54 Å². The van der Waals surface area contributed by atoms with Crippen LogP contribution < -0.4 is 27.0 Å². The van der Waals surface area contributed by atoms with Gasteiger partial charge < -0.3 is 37.1 Å². The molecule has 1 aliphatic heterocycles. The fourth-order valence-electron chi connectivity index (χ4n) is 3.77. The van der Waals surface area contributed by atoms with Gasteiger partial charge in [0.2, 0.25) is 23.6 Å². The quantitative estimate of drug-likeness (QED) is 0.163. The fraction of sp³-hybridized carbons (Fsp3) is 0.636. The van der Waals surface area contributed by atoms with E-state index in [0.717, 1.165) is 6.42 Å². The third-order valence-corrected chi connectivity index (χ3v) is 6.08. The number of carbonyl (C=O) groups excluding carboxylic acids is 4. The summed E-state index contributed by atoms with van der Waals surface area (Å²) in [6.07, 6.45) is 4.66. The lowest BCUT2D eigenvalue weighted by Crippen LogP contribution is -2.58. The van der Waals surface area contributed by atoms with Crippen LogP contribution in [0.3, 0.4) is 0 Å². The van der Waals surface area contributed by atoms with E-state index in [4.69, 9.17) is 5.73 Å². The van der Waals surface area contributed by atoms with E-state index in [1.165, 1.54) is 12.5 Å². The van der Waals surface area contributed by atoms with Gasteiger partial charge in [-0.25, -0.2) is 9.78 Å². The highest BCUT2D eigenvalue weighted by Crippen LogP contribution is 2.10. The number of amides is 4. The lowest BCUT2D eigenvalue weighted by molar-refractivity contribution is -0.143. The van der Waals surface area contributed by atoms with E-state index in [0.29, 0.717) is 25.1 Å². The number of aliphatic carboxylic acids is 1. The molecule has 13 heteroatoms. The van der Waals surface area contributed by atoms with E-state index in [1.54, 1.807) is 6.92 Å². The highest BCUT2D eigenvalue weighted by atomic mass is 16.4. The van der Waals surface area contributed by atoms with Gasteiger partial charge in [0, 0.05) is 24.7 Å². The Kier molecular flexibility index (Phi) is 10.6. The van der Waals surface area contributed by atoms with Crippen molar-refractivity contribution in [1.29, 1.82) is 0 Å². The first-order valence-electron chi connectivity index (χ1n) is 11.7. The number of nitrogens with two attached hydrogens (primary N) is 1. The van der Waals surface area contributed by atoms with Crippen molar-refractivity contribution in [3.05, 3.63) is 18.2 Å². The predicted octanol–water partition coefficient (Wildman–Crippen LogP) is -1.45. The van der Waals surface area contributed by atoms with Gasteiger partial charge >= 0.3 is 5.97 Å². The Labute approximate surface area is 203 Å². The van der Waals surface area contributed by atoms with Crippen molar-refractivity contribution in [1.82, 2.24) is 31.2 Å². The van der Waals surface area contributed by atoms with E-state index < -0.39 is 47.9 Å². The monoisotopic (exact) mass is 493 g/mol. The number of aromatic nitrogens is 2. The maximum Gasteiger partial charge on any atom is 0.326 e. The molecule has 0 aromatic carbocycles. The maximum absolute atomic E-state index is 13.1. The molecular weight excluding hydrogens is 458 g/mol. The van der Waals surface area contributed by atoms with Crippen molar-refractivity contribution >= 4 is 29.6 Å². The van der Waals surface area contributed by atoms with Gasteiger partial charge in [-0.3, -0.25) is 19.2 Å². The number of nitrogens with zero attached hydrogens (tertiary/aromatic N) is 1. The molecule has 8 N–H and O–H groups in total. The molecule has 35 heavy (non-hydrogen) atoms. The molecule has 0 bridgehead atoms. The molecule has 0 aliphatic carbocycles. The molecule has 0 radical (unpaired) electrons. The molecule has 5 atom stereocenters. The number of aromatic amines is 1. The Morgan fingerprint density at radius 2 is 1.89 bits per heavy atom. The molecule has 194 valence electrons. The van der Waals surface area contributed by atoms with Crippen LogP contribution in [0.15, 0.2) is 12.5 Å². The Morgan fingerprint density at radius 3 is 2.43 bits per heavy atom. The predicted molar refractivity (Wildman–Crippen MR) is 125 cm³/mol. The summed E-state index contributed by atoms with van der Waals surface area (Å²) < 4.78 is 0. The number of primary amides is 1. The van der Waals surface area contributed by atoms with Gasteiger partial charge in [0.15, 0.2) is 0 Å². The zero-order chi connectivity index (χ0) is 26.0. The molecule has 1 aromatic rings. The number of carbonyl (C=O) groups is 5. The van der Waals surface area contributed by atoms with Crippen molar-refractivity contribution in [2.24, 2.45) is 11.7 Å². The molecule has 0 spiro atoms. The Balaban J connectivity index is 2.18. The number of carboxylic acids is 1. The number of hydrogen-bond acceptors (Lipinski definition) is 7.